The quantitative estimate of drug-likeness (QED) is 0.614. The Labute approximate surface area is 151 Å². The molecule has 0 fully saturated rings. The molecule has 0 saturated heterocycles. The van der Waals surface area contributed by atoms with E-state index < -0.39 is 7.37 Å². The first-order valence-electron chi connectivity index (χ1n) is 7.35. The van der Waals surface area contributed by atoms with Crippen LogP contribution >= 0.6 is 30.6 Å². The summed E-state index contributed by atoms with van der Waals surface area (Å²) in [6, 6.07) is 8.04. The first-order chi connectivity index (χ1) is 11.1. The lowest BCUT2D eigenvalue weighted by Crippen LogP contribution is -1.93. The van der Waals surface area contributed by atoms with Gasteiger partial charge in [-0.15, -0.1) is 0 Å². The van der Waals surface area contributed by atoms with E-state index in [0.29, 0.717) is 11.3 Å². The highest BCUT2D eigenvalue weighted by Crippen LogP contribution is 2.44. The Hall–Kier alpha value is -1.19. The van der Waals surface area contributed by atoms with Gasteiger partial charge in [-0.3, -0.25) is 4.57 Å². The molecule has 2 N–H and O–H groups in total. The van der Waals surface area contributed by atoms with Crippen molar-refractivity contribution in [2.24, 2.45) is 0 Å². The lowest BCUT2D eigenvalue weighted by Gasteiger charge is -2.14. The van der Waals surface area contributed by atoms with Crippen LogP contribution in [0.5, 0.6) is 17.2 Å². The van der Waals surface area contributed by atoms with Crippen LogP contribution in [-0.2, 0) is 10.7 Å². The molecule has 0 spiro atoms. The van der Waals surface area contributed by atoms with Gasteiger partial charge in [0.1, 0.15) is 11.5 Å². The molecule has 4 nitrogen and oxygen atoms in total. The van der Waals surface area contributed by atoms with Crippen LogP contribution in [0.15, 0.2) is 30.3 Å². The average Bonchev–Trinajstić information content (AvgIpc) is 2.42. The van der Waals surface area contributed by atoms with Crippen LogP contribution in [0.3, 0.4) is 0 Å². The molecule has 0 aliphatic carbocycles. The largest absolute Gasteiger partial charge is 0.508 e. The minimum atomic E-state index is -3.22. The summed E-state index contributed by atoms with van der Waals surface area (Å²) in [5.41, 5.74) is 1.32. The van der Waals surface area contributed by atoms with E-state index in [1.54, 1.807) is 30.3 Å². The van der Waals surface area contributed by atoms with Gasteiger partial charge in [0, 0.05) is 18.4 Å². The fourth-order valence-corrected chi connectivity index (χ4v) is 3.79. The Morgan fingerprint density at radius 1 is 1.17 bits per heavy atom. The number of phenolic OH excluding ortho intramolecular Hbond substituents is 1. The minimum Gasteiger partial charge on any atom is -0.508 e. The SMILES string of the molecule is CC(C)c1cc(Oc2c(Cl)cc(CP(C)(=O)O)cc2Cl)ccc1O. The summed E-state index contributed by atoms with van der Waals surface area (Å²) in [7, 11) is -3.22. The maximum absolute atomic E-state index is 11.5. The molecule has 0 amide bonds. The molecule has 2 aromatic carbocycles. The standard InChI is InChI=1S/C17H19Cl2O4P/c1-10(2)13-8-12(4-5-16(13)20)23-17-14(18)6-11(7-15(17)19)9-24(3,21)22/h4-8,10,20H,9H2,1-3H3,(H,21,22). The van der Waals surface area contributed by atoms with E-state index in [1.807, 2.05) is 13.8 Å². The Bertz CT molecular complexity index is 776. The summed E-state index contributed by atoms with van der Waals surface area (Å²) >= 11 is 12.4. The third-order valence-corrected chi connectivity index (χ3v) is 4.89. The summed E-state index contributed by atoms with van der Waals surface area (Å²) in [5.74, 6) is 1.10. The van der Waals surface area contributed by atoms with Gasteiger partial charge >= 0.3 is 0 Å². The second kappa shape index (κ2) is 7.37. The number of aromatic hydroxyl groups is 1. The van der Waals surface area contributed by atoms with Crippen LogP contribution in [0.1, 0.15) is 30.9 Å². The van der Waals surface area contributed by atoms with Gasteiger partial charge < -0.3 is 14.7 Å². The highest BCUT2D eigenvalue weighted by Gasteiger charge is 2.17. The Morgan fingerprint density at radius 3 is 2.25 bits per heavy atom. The molecule has 2 rings (SSSR count). The topological polar surface area (TPSA) is 66.8 Å². The van der Waals surface area contributed by atoms with Crippen LogP contribution in [0, 0.1) is 0 Å². The first kappa shape index (κ1) is 19.1. The van der Waals surface area contributed by atoms with Crippen LogP contribution in [0.2, 0.25) is 10.0 Å². The van der Waals surface area contributed by atoms with E-state index >= 15 is 0 Å². The molecule has 0 aliphatic rings. The number of benzene rings is 2. The van der Waals surface area contributed by atoms with Gasteiger partial charge in [0.05, 0.1) is 10.0 Å². The van der Waals surface area contributed by atoms with Gasteiger partial charge in [-0.1, -0.05) is 37.0 Å². The van der Waals surface area contributed by atoms with E-state index in [1.165, 1.54) is 6.66 Å². The molecule has 1 unspecified atom stereocenters. The van der Waals surface area contributed by atoms with Crippen molar-refractivity contribution in [2.45, 2.75) is 25.9 Å². The molecule has 7 heteroatoms. The predicted octanol–water partition coefficient (Wildman–Crippen LogP) is 6.01. The van der Waals surface area contributed by atoms with Crippen molar-refractivity contribution in [3.05, 3.63) is 51.5 Å². The van der Waals surface area contributed by atoms with Crippen molar-refractivity contribution < 1.29 is 19.3 Å². The molecule has 0 bridgehead atoms. The zero-order valence-corrected chi connectivity index (χ0v) is 16.0. The zero-order valence-electron chi connectivity index (χ0n) is 13.6. The van der Waals surface area contributed by atoms with E-state index in [0.717, 1.165) is 5.56 Å². The highest BCUT2D eigenvalue weighted by atomic mass is 35.5. The molecule has 1 atom stereocenters. The van der Waals surface area contributed by atoms with E-state index in [2.05, 4.69) is 0 Å². The predicted molar refractivity (Wildman–Crippen MR) is 98.2 cm³/mol. The number of halogens is 2. The Morgan fingerprint density at radius 2 is 1.75 bits per heavy atom. The van der Waals surface area contributed by atoms with E-state index in [4.69, 9.17) is 27.9 Å². The monoisotopic (exact) mass is 388 g/mol. The number of hydrogen-bond donors (Lipinski definition) is 2. The van der Waals surface area contributed by atoms with Crippen molar-refractivity contribution in [3.8, 4) is 17.2 Å². The maximum Gasteiger partial charge on any atom is 0.201 e. The van der Waals surface area contributed by atoms with Gasteiger partial charge in [-0.2, -0.15) is 0 Å². The lowest BCUT2D eigenvalue weighted by molar-refractivity contribution is 0.455. The maximum atomic E-state index is 11.5. The molecule has 0 radical (unpaired) electrons. The fourth-order valence-electron chi connectivity index (χ4n) is 2.32. The molecule has 2 aromatic rings. The Kier molecular flexibility index (Phi) is 5.87. The van der Waals surface area contributed by atoms with Crippen LogP contribution < -0.4 is 4.74 Å². The number of hydrogen-bond acceptors (Lipinski definition) is 3. The fraction of sp³-hybridized carbons (Fsp3) is 0.294. The van der Waals surface area contributed by atoms with E-state index in [9.17, 15) is 14.6 Å². The van der Waals surface area contributed by atoms with Gasteiger partial charge in [0.25, 0.3) is 0 Å². The van der Waals surface area contributed by atoms with Crippen LogP contribution in [0.4, 0.5) is 0 Å². The lowest BCUT2D eigenvalue weighted by atomic mass is 10.0. The van der Waals surface area contributed by atoms with Gasteiger partial charge in [0.15, 0.2) is 5.75 Å². The van der Waals surface area contributed by atoms with Gasteiger partial charge in [-0.05, 0) is 41.8 Å². The summed E-state index contributed by atoms with van der Waals surface area (Å²) in [6.45, 7) is 5.21. The smallest absolute Gasteiger partial charge is 0.201 e. The molecule has 0 heterocycles. The van der Waals surface area contributed by atoms with Gasteiger partial charge in [-0.25, -0.2) is 0 Å². The minimum absolute atomic E-state index is 0.0105. The number of phenols is 1. The molecular weight excluding hydrogens is 370 g/mol. The van der Waals surface area contributed by atoms with Crippen molar-refractivity contribution in [1.29, 1.82) is 0 Å². The summed E-state index contributed by atoms with van der Waals surface area (Å²) < 4.78 is 17.3. The summed E-state index contributed by atoms with van der Waals surface area (Å²) in [6.07, 6.45) is -0.0105. The van der Waals surface area contributed by atoms with Crippen molar-refractivity contribution in [3.63, 3.8) is 0 Å². The Balaban J connectivity index is 2.34. The van der Waals surface area contributed by atoms with Crippen LogP contribution in [0.25, 0.3) is 0 Å². The van der Waals surface area contributed by atoms with Crippen molar-refractivity contribution in [2.75, 3.05) is 6.66 Å². The van der Waals surface area contributed by atoms with E-state index in [-0.39, 0.29) is 33.6 Å². The second-order valence-electron chi connectivity index (χ2n) is 6.08. The first-order valence-corrected chi connectivity index (χ1v) is 10.4. The van der Waals surface area contributed by atoms with Crippen LogP contribution in [-0.4, -0.2) is 16.7 Å². The molecule has 24 heavy (non-hydrogen) atoms. The normalized spacial score (nSPS) is 13.8. The number of rotatable bonds is 5. The average molecular weight is 389 g/mol. The third kappa shape index (κ3) is 4.90. The molecule has 130 valence electrons. The molecule has 0 aromatic heterocycles. The molecule has 0 aliphatic heterocycles. The molecule has 0 saturated carbocycles. The second-order valence-corrected chi connectivity index (χ2v) is 9.31. The van der Waals surface area contributed by atoms with Crippen molar-refractivity contribution in [1.82, 2.24) is 0 Å². The summed E-state index contributed by atoms with van der Waals surface area (Å²) in [4.78, 5) is 9.48. The summed E-state index contributed by atoms with van der Waals surface area (Å²) in [5, 5.41) is 10.4. The third-order valence-electron chi connectivity index (χ3n) is 3.37. The highest BCUT2D eigenvalue weighted by molar-refractivity contribution is 7.56. The zero-order chi connectivity index (χ0) is 18.1. The number of ether oxygens (including phenoxy) is 1. The van der Waals surface area contributed by atoms with Gasteiger partial charge in [0.2, 0.25) is 7.37 Å². The van der Waals surface area contributed by atoms with Crippen molar-refractivity contribution >= 4 is 30.6 Å². The molecular formula is C17H19Cl2O4P.